The summed E-state index contributed by atoms with van der Waals surface area (Å²) in [4.78, 5) is 8.63. The molecule has 8 heteroatoms. The SMILES string of the molecule is CN=C(NCc1ccc(S(=O)(=O)NC)cc1)NCc1ccccn1. The molecule has 0 saturated heterocycles. The fourth-order valence-corrected chi connectivity index (χ4v) is 2.72. The van der Waals surface area contributed by atoms with Crippen molar-refractivity contribution >= 4 is 16.0 Å². The number of nitrogens with zero attached hydrogens (tertiary/aromatic N) is 2. The molecule has 0 fully saturated rings. The van der Waals surface area contributed by atoms with Gasteiger partial charge in [0, 0.05) is 19.8 Å². The Kier molecular flexibility index (Phi) is 6.28. The van der Waals surface area contributed by atoms with Crippen molar-refractivity contribution in [2.75, 3.05) is 14.1 Å². The summed E-state index contributed by atoms with van der Waals surface area (Å²) in [5.74, 6) is 0.646. The van der Waals surface area contributed by atoms with E-state index in [0.717, 1.165) is 11.3 Å². The lowest BCUT2D eigenvalue weighted by Gasteiger charge is -2.12. The van der Waals surface area contributed by atoms with Gasteiger partial charge in [-0.2, -0.15) is 0 Å². The van der Waals surface area contributed by atoms with E-state index in [0.29, 0.717) is 19.0 Å². The molecule has 0 unspecified atom stereocenters. The summed E-state index contributed by atoms with van der Waals surface area (Å²) in [6.07, 6.45) is 1.74. The van der Waals surface area contributed by atoms with E-state index >= 15 is 0 Å². The van der Waals surface area contributed by atoms with Crippen LogP contribution in [0.2, 0.25) is 0 Å². The molecule has 3 N–H and O–H groups in total. The minimum atomic E-state index is -3.40. The van der Waals surface area contributed by atoms with E-state index in [9.17, 15) is 8.42 Å². The maximum Gasteiger partial charge on any atom is 0.240 e. The molecule has 128 valence electrons. The third kappa shape index (κ3) is 5.04. The van der Waals surface area contributed by atoms with Gasteiger partial charge in [0.05, 0.1) is 17.1 Å². The van der Waals surface area contributed by atoms with Crippen molar-refractivity contribution in [1.29, 1.82) is 0 Å². The van der Waals surface area contributed by atoms with Crippen LogP contribution in [-0.4, -0.2) is 33.5 Å². The van der Waals surface area contributed by atoms with Crippen LogP contribution >= 0.6 is 0 Å². The van der Waals surface area contributed by atoms with E-state index in [1.165, 1.54) is 7.05 Å². The summed E-state index contributed by atoms with van der Waals surface area (Å²) < 4.78 is 25.7. The first-order valence-corrected chi connectivity index (χ1v) is 8.90. The monoisotopic (exact) mass is 347 g/mol. The van der Waals surface area contributed by atoms with Gasteiger partial charge in [0.2, 0.25) is 10.0 Å². The highest BCUT2D eigenvalue weighted by atomic mass is 32.2. The molecule has 0 amide bonds. The topological polar surface area (TPSA) is 95.5 Å². The Morgan fingerprint density at radius 1 is 1.08 bits per heavy atom. The molecule has 0 aliphatic carbocycles. The molecule has 2 aromatic rings. The summed E-state index contributed by atoms with van der Waals surface area (Å²) >= 11 is 0. The van der Waals surface area contributed by atoms with Crippen LogP contribution in [0.1, 0.15) is 11.3 Å². The molecule has 1 aromatic carbocycles. The highest BCUT2D eigenvalue weighted by Gasteiger charge is 2.10. The molecular formula is C16H21N5O2S. The quantitative estimate of drug-likeness (QED) is 0.532. The normalized spacial score (nSPS) is 12.0. The van der Waals surface area contributed by atoms with Crippen LogP contribution in [0.4, 0.5) is 0 Å². The van der Waals surface area contributed by atoms with Crippen LogP contribution in [0, 0.1) is 0 Å². The van der Waals surface area contributed by atoms with E-state index in [1.54, 1.807) is 37.5 Å². The number of guanidine groups is 1. The standard InChI is InChI=1S/C16H21N5O2S/c1-17-16(21-12-14-5-3-4-10-19-14)20-11-13-6-8-15(9-7-13)24(22,23)18-2/h3-10,18H,11-12H2,1-2H3,(H2,17,20,21). The van der Waals surface area contributed by atoms with Crippen LogP contribution in [-0.2, 0) is 23.1 Å². The van der Waals surface area contributed by atoms with E-state index < -0.39 is 10.0 Å². The lowest BCUT2D eigenvalue weighted by Crippen LogP contribution is -2.36. The molecule has 1 heterocycles. The van der Waals surface area contributed by atoms with Crippen molar-refractivity contribution in [2.24, 2.45) is 4.99 Å². The van der Waals surface area contributed by atoms with E-state index in [2.05, 4.69) is 25.3 Å². The van der Waals surface area contributed by atoms with Crippen LogP contribution in [0.25, 0.3) is 0 Å². The predicted octanol–water partition coefficient (Wildman–Crippen LogP) is 0.855. The average Bonchev–Trinajstić information content (AvgIpc) is 2.63. The van der Waals surface area contributed by atoms with Crippen LogP contribution in [0.5, 0.6) is 0 Å². The fourth-order valence-electron chi connectivity index (χ4n) is 1.99. The molecule has 0 aliphatic heterocycles. The molecule has 0 spiro atoms. The number of aliphatic imine (C=N–C) groups is 1. The van der Waals surface area contributed by atoms with Crippen molar-refractivity contribution < 1.29 is 8.42 Å². The molecular weight excluding hydrogens is 326 g/mol. The van der Waals surface area contributed by atoms with Gasteiger partial charge in [0.25, 0.3) is 0 Å². The zero-order valence-electron chi connectivity index (χ0n) is 13.7. The summed E-state index contributed by atoms with van der Waals surface area (Å²) in [5.41, 5.74) is 1.87. The number of benzene rings is 1. The molecule has 0 saturated carbocycles. The van der Waals surface area contributed by atoms with Gasteiger partial charge in [0.1, 0.15) is 0 Å². The number of aromatic nitrogens is 1. The second kappa shape index (κ2) is 8.42. The zero-order valence-corrected chi connectivity index (χ0v) is 14.5. The molecule has 0 bridgehead atoms. The molecule has 0 atom stereocenters. The first-order chi connectivity index (χ1) is 11.5. The summed E-state index contributed by atoms with van der Waals surface area (Å²) in [5, 5.41) is 6.35. The number of sulfonamides is 1. The highest BCUT2D eigenvalue weighted by Crippen LogP contribution is 2.09. The van der Waals surface area contributed by atoms with Crippen molar-refractivity contribution in [2.45, 2.75) is 18.0 Å². The second-order valence-corrected chi connectivity index (χ2v) is 6.84. The lowest BCUT2D eigenvalue weighted by atomic mass is 10.2. The number of nitrogens with one attached hydrogen (secondary N) is 3. The highest BCUT2D eigenvalue weighted by molar-refractivity contribution is 7.89. The van der Waals surface area contributed by atoms with Crippen LogP contribution in [0.3, 0.4) is 0 Å². The van der Waals surface area contributed by atoms with Gasteiger partial charge < -0.3 is 10.6 Å². The summed E-state index contributed by atoms with van der Waals surface area (Å²) in [6, 6.07) is 12.4. The minimum Gasteiger partial charge on any atom is -0.352 e. The van der Waals surface area contributed by atoms with Crippen molar-refractivity contribution in [1.82, 2.24) is 20.3 Å². The van der Waals surface area contributed by atoms with Crippen molar-refractivity contribution in [3.05, 3.63) is 59.9 Å². The largest absolute Gasteiger partial charge is 0.352 e. The third-order valence-electron chi connectivity index (χ3n) is 3.35. The Labute approximate surface area is 142 Å². The van der Waals surface area contributed by atoms with Gasteiger partial charge in [-0.25, -0.2) is 13.1 Å². The fraction of sp³-hybridized carbons (Fsp3) is 0.250. The Hall–Kier alpha value is -2.45. The van der Waals surface area contributed by atoms with Gasteiger partial charge >= 0.3 is 0 Å². The average molecular weight is 347 g/mol. The first-order valence-electron chi connectivity index (χ1n) is 7.42. The maximum absolute atomic E-state index is 11.7. The van der Waals surface area contributed by atoms with Crippen molar-refractivity contribution in [3.8, 4) is 0 Å². The molecule has 24 heavy (non-hydrogen) atoms. The summed E-state index contributed by atoms with van der Waals surface area (Å²) in [6.45, 7) is 1.10. The van der Waals surface area contributed by atoms with Crippen LogP contribution in [0.15, 0.2) is 58.5 Å². The number of pyridine rings is 1. The predicted molar refractivity (Wildman–Crippen MR) is 94.0 cm³/mol. The smallest absolute Gasteiger partial charge is 0.240 e. The van der Waals surface area contributed by atoms with Gasteiger partial charge in [0.15, 0.2) is 5.96 Å². The minimum absolute atomic E-state index is 0.242. The number of hydrogen-bond acceptors (Lipinski definition) is 4. The second-order valence-electron chi connectivity index (χ2n) is 4.95. The lowest BCUT2D eigenvalue weighted by molar-refractivity contribution is 0.588. The molecule has 2 rings (SSSR count). The maximum atomic E-state index is 11.7. The van der Waals surface area contributed by atoms with Gasteiger partial charge in [-0.3, -0.25) is 9.98 Å². The van der Waals surface area contributed by atoms with Crippen LogP contribution < -0.4 is 15.4 Å². The Balaban J connectivity index is 1.89. The summed E-state index contributed by atoms with van der Waals surface area (Å²) in [7, 11) is -0.322. The van der Waals surface area contributed by atoms with Gasteiger partial charge in [-0.1, -0.05) is 18.2 Å². The Morgan fingerprint density at radius 2 is 1.79 bits per heavy atom. The number of rotatable bonds is 6. The third-order valence-corrected chi connectivity index (χ3v) is 4.78. The van der Waals surface area contributed by atoms with Gasteiger partial charge in [-0.05, 0) is 36.9 Å². The molecule has 0 radical (unpaired) electrons. The van der Waals surface area contributed by atoms with Crippen molar-refractivity contribution in [3.63, 3.8) is 0 Å². The zero-order chi connectivity index (χ0) is 17.4. The van der Waals surface area contributed by atoms with E-state index in [4.69, 9.17) is 0 Å². The molecule has 7 nitrogen and oxygen atoms in total. The molecule has 0 aliphatic rings. The number of hydrogen-bond donors (Lipinski definition) is 3. The Morgan fingerprint density at radius 3 is 2.38 bits per heavy atom. The van der Waals surface area contributed by atoms with Gasteiger partial charge in [-0.15, -0.1) is 0 Å². The van der Waals surface area contributed by atoms with E-state index in [1.807, 2.05) is 18.2 Å². The van der Waals surface area contributed by atoms with E-state index in [-0.39, 0.29) is 4.90 Å². The molecule has 1 aromatic heterocycles. The first kappa shape index (κ1) is 17.9. The Bertz CT molecular complexity index is 774.